The molecule has 0 aromatic heterocycles. The fraction of sp³-hybridized carbons (Fsp3) is 0.480. The van der Waals surface area contributed by atoms with Crippen molar-refractivity contribution < 1.29 is 9.53 Å². The lowest BCUT2D eigenvalue weighted by atomic mass is 10.1. The molecule has 31 heavy (non-hydrogen) atoms. The molecule has 0 saturated carbocycles. The first-order valence-electron chi connectivity index (χ1n) is 11.4. The van der Waals surface area contributed by atoms with Gasteiger partial charge in [-0.3, -0.25) is 4.90 Å². The number of methoxy groups -OCH3 is 1. The van der Waals surface area contributed by atoms with E-state index in [1.807, 2.05) is 17.0 Å². The lowest BCUT2D eigenvalue weighted by Crippen LogP contribution is -2.52. The molecule has 6 nitrogen and oxygen atoms in total. The average molecular weight is 423 g/mol. The van der Waals surface area contributed by atoms with E-state index >= 15 is 0 Å². The molecule has 2 amide bonds. The van der Waals surface area contributed by atoms with E-state index in [0.29, 0.717) is 6.54 Å². The lowest BCUT2D eigenvalue weighted by molar-refractivity contribution is 0.194. The van der Waals surface area contributed by atoms with E-state index in [4.69, 9.17) is 4.74 Å². The normalized spacial score (nSPS) is 17.1. The maximum Gasteiger partial charge on any atom is 0.317 e. The van der Waals surface area contributed by atoms with Gasteiger partial charge in [-0.25, -0.2) is 4.79 Å². The first kappa shape index (κ1) is 21.5. The first-order valence-corrected chi connectivity index (χ1v) is 11.4. The van der Waals surface area contributed by atoms with Crippen LogP contribution in [0.15, 0.2) is 48.5 Å². The third-order valence-corrected chi connectivity index (χ3v) is 6.32. The Morgan fingerprint density at radius 2 is 1.52 bits per heavy atom. The van der Waals surface area contributed by atoms with Crippen molar-refractivity contribution in [3.05, 3.63) is 59.7 Å². The molecule has 2 aliphatic heterocycles. The smallest absolute Gasteiger partial charge is 0.317 e. The zero-order valence-corrected chi connectivity index (χ0v) is 18.6. The Labute approximate surface area is 185 Å². The molecule has 0 radical (unpaired) electrons. The molecule has 1 N–H and O–H groups in total. The number of nitrogens with one attached hydrogen (secondary N) is 1. The SMILES string of the molecule is COc1ccc(N2CCN(C(=O)NCCc3ccc(CN4CCCC4)cc3)CC2)cc1. The number of hydrogen-bond acceptors (Lipinski definition) is 4. The summed E-state index contributed by atoms with van der Waals surface area (Å²) < 4.78 is 5.23. The molecule has 4 rings (SSSR count). The van der Waals surface area contributed by atoms with Crippen molar-refractivity contribution in [3.8, 4) is 5.75 Å². The second-order valence-corrected chi connectivity index (χ2v) is 8.45. The van der Waals surface area contributed by atoms with Crippen LogP contribution in [0.1, 0.15) is 24.0 Å². The predicted octanol–water partition coefficient (Wildman–Crippen LogP) is 3.37. The number of anilines is 1. The van der Waals surface area contributed by atoms with Crippen LogP contribution in [0.4, 0.5) is 10.5 Å². The molecule has 2 aliphatic rings. The summed E-state index contributed by atoms with van der Waals surface area (Å²) in [5, 5.41) is 3.09. The highest BCUT2D eigenvalue weighted by Gasteiger charge is 2.21. The Morgan fingerprint density at radius 3 is 2.16 bits per heavy atom. The molecule has 2 aromatic carbocycles. The van der Waals surface area contributed by atoms with Gasteiger partial charge in [-0.05, 0) is 67.7 Å². The number of urea groups is 1. The van der Waals surface area contributed by atoms with Crippen LogP contribution in [0.2, 0.25) is 0 Å². The first-order chi connectivity index (χ1) is 15.2. The Hall–Kier alpha value is -2.73. The molecule has 0 bridgehead atoms. The van der Waals surface area contributed by atoms with Crippen molar-refractivity contribution >= 4 is 11.7 Å². The highest BCUT2D eigenvalue weighted by Crippen LogP contribution is 2.20. The molecule has 2 heterocycles. The van der Waals surface area contributed by atoms with E-state index in [1.165, 1.54) is 42.7 Å². The van der Waals surface area contributed by atoms with Gasteiger partial charge in [-0.15, -0.1) is 0 Å². The van der Waals surface area contributed by atoms with Crippen LogP contribution < -0.4 is 15.0 Å². The van der Waals surface area contributed by atoms with Crippen molar-refractivity contribution in [2.24, 2.45) is 0 Å². The predicted molar refractivity (Wildman–Crippen MR) is 125 cm³/mol. The second-order valence-electron chi connectivity index (χ2n) is 8.45. The summed E-state index contributed by atoms with van der Waals surface area (Å²) in [6.45, 7) is 7.34. The van der Waals surface area contributed by atoms with Crippen molar-refractivity contribution in [1.29, 1.82) is 0 Å². The number of amides is 2. The second kappa shape index (κ2) is 10.5. The van der Waals surface area contributed by atoms with Gasteiger partial charge in [-0.2, -0.15) is 0 Å². The number of carbonyl (C=O) groups is 1. The van der Waals surface area contributed by atoms with Gasteiger partial charge in [0.05, 0.1) is 7.11 Å². The van der Waals surface area contributed by atoms with Gasteiger partial charge in [0.1, 0.15) is 5.75 Å². The molecular formula is C25H34N4O2. The molecule has 2 fully saturated rings. The van der Waals surface area contributed by atoms with E-state index < -0.39 is 0 Å². The van der Waals surface area contributed by atoms with Crippen LogP contribution in [0.25, 0.3) is 0 Å². The van der Waals surface area contributed by atoms with Gasteiger partial charge in [-0.1, -0.05) is 24.3 Å². The molecule has 166 valence electrons. The summed E-state index contributed by atoms with van der Waals surface area (Å²) in [6, 6.07) is 17.0. The van der Waals surface area contributed by atoms with E-state index in [1.54, 1.807) is 7.11 Å². The van der Waals surface area contributed by atoms with Crippen LogP contribution in [0.3, 0.4) is 0 Å². The number of rotatable bonds is 7. The van der Waals surface area contributed by atoms with Crippen LogP contribution in [0.5, 0.6) is 5.75 Å². The standard InChI is InChI=1S/C25H34N4O2/c1-31-24-10-8-23(9-11-24)28-16-18-29(19-17-28)25(30)26-13-12-21-4-6-22(7-5-21)20-27-14-2-3-15-27/h4-11H,2-3,12-20H2,1H3,(H,26,30). The van der Waals surface area contributed by atoms with Gasteiger partial charge in [0.25, 0.3) is 0 Å². The molecule has 0 spiro atoms. The molecule has 0 unspecified atom stereocenters. The summed E-state index contributed by atoms with van der Waals surface area (Å²) in [4.78, 5) is 19.3. The topological polar surface area (TPSA) is 48.1 Å². The summed E-state index contributed by atoms with van der Waals surface area (Å²) in [7, 11) is 1.68. The van der Waals surface area contributed by atoms with Crippen molar-refractivity contribution in [2.75, 3.05) is 57.8 Å². The number of nitrogens with zero attached hydrogens (tertiary/aromatic N) is 3. The molecule has 0 aliphatic carbocycles. The van der Waals surface area contributed by atoms with Gasteiger partial charge >= 0.3 is 6.03 Å². The Bertz CT molecular complexity index is 824. The van der Waals surface area contributed by atoms with E-state index in [2.05, 4.69) is 51.5 Å². The molecule has 0 atom stereocenters. The Morgan fingerprint density at radius 1 is 0.871 bits per heavy atom. The van der Waals surface area contributed by atoms with Gasteiger partial charge < -0.3 is 19.9 Å². The number of benzene rings is 2. The summed E-state index contributed by atoms with van der Waals surface area (Å²) in [5.41, 5.74) is 3.83. The third kappa shape index (κ3) is 5.91. The maximum atomic E-state index is 12.5. The molecular weight excluding hydrogens is 388 g/mol. The third-order valence-electron chi connectivity index (χ3n) is 6.32. The maximum absolute atomic E-state index is 12.5. The Balaban J connectivity index is 1.16. The zero-order chi connectivity index (χ0) is 21.5. The fourth-order valence-corrected chi connectivity index (χ4v) is 4.40. The van der Waals surface area contributed by atoms with Gasteiger partial charge in [0.2, 0.25) is 0 Å². The van der Waals surface area contributed by atoms with Crippen molar-refractivity contribution in [2.45, 2.75) is 25.8 Å². The van der Waals surface area contributed by atoms with Gasteiger partial charge in [0.15, 0.2) is 0 Å². The summed E-state index contributed by atoms with van der Waals surface area (Å²) >= 11 is 0. The minimum atomic E-state index is 0.0417. The van der Waals surface area contributed by atoms with Crippen molar-refractivity contribution in [1.82, 2.24) is 15.1 Å². The van der Waals surface area contributed by atoms with Crippen LogP contribution in [-0.2, 0) is 13.0 Å². The van der Waals surface area contributed by atoms with E-state index in [0.717, 1.165) is 44.9 Å². The van der Waals surface area contributed by atoms with E-state index in [-0.39, 0.29) is 6.03 Å². The number of likely N-dealkylation sites (tertiary alicyclic amines) is 1. The van der Waals surface area contributed by atoms with Crippen LogP contribution in [0, 0.1) is 0 Å². The largest absolute Gasteiger partial charge is 0.497 e. The average Bonchev–Trinajstić information content (AvgIpc) is 3.33. The molecule has 6 heteroatoms. The Kier molecular flexibility index (Phi) is 7.30. The van der Waals surface area contributed by atoms with Crippen molar-refractivity contribution in [3.63, 3.8) is 0 Å². The van der Waals surface area contributed by atoms with E-state index in [9.17, 15) is 4.79 Å². The minimum absolute atomic E-state index is 0.0417. The number of hydrogen-bond donors (Lipinski definition) is 1. The number of piperazine rings is 1. The quantitative estimate of drug-likeness (QED) is 0.743. The summed E-state index contributed by atoms with van der Waals surface area (Å²) in [6.07, 6.45) is 3.52. The number of carbonyl (C=O) groups excluding carboxylic acids is 1. The monoisotopic (exact) mass is 422 g/mol. The van der Waals surface area contributed by atoms with Gasteiger partial charge in [0, 0.05) is 45.0 Å². The molecule has 2 saturated heterocycles. The highest BCUT2D eigenvalue weighted by molar-refractivity contribution is 5.74. The fourth-order valence-electron chi connectivity index (χ4n) is 4.40. The molecule has 2 aromatic rings. The minimum Gasteiger partial charge on any atom is -0.497 e. The zero-order valence-electron chi connectivity index (χ0n) is 18.6. The van der Waals surface area contributed by atoms with Crippen LogP contribution >= 0.6 is 0 Å². The summed E-state index contributed by atoms with van der Waals surface area (Å²) in [5.74, 6) is 0.864. The van der Waals surface area contributed by atoms with Crippen LogP contribution in [-0.4, -0.2) is 68.8 Å². The lowest BCUT2D eigenvalue weighted by Gasteiger charge is -2.36. The number of ether oxygens (including phenoxy) is 1. The highest BCUT2D eigenvalue weighted by atomic mass is 16.5.